The van der Waals surface area contributed by atoms with Crippen molar-refractivity contribution in [3.63, 3.8) is 0 Å². The summed E-state index contributed by atoms with van der Waals surface area (Å²) in [5, 5.41) is 0. The summed E-state index contributed by atoms with van der Waals surface area (Å²) in [6.07, 6.45) is 7.84. The Morgan fingerprint density at radius 3 is 1.88 bits per heavy atom. The maximum Gasteiger partial charge on any atom is 0.0315 e. The molecule has 0 spiro atoms. The molecule has 2 heteroatoms. The van der Waals surface area contributed by atoms with Gasteiger partial charge in [0, 0.05) is 24.9 Å². The molecule has 24 heavy (non-hydrogen) atoms. The van der Waals surface area contributed by atoms with E-state index in [1.54, 1.807) is 0 Å². The van der Waals surface area contributed by atoms with Crippen LogP contribution in [0.3, 0.4) is 0 Å². The molecule has 0 saturated heterocycles. The topological polar surface area (TPSA) is 52.0 Å². The molecule has 0 heterocycles. The molecule has 2 aromatic carbocycles. The Labute approximate surface area is 144 Å². The quantitative estimate of drug-likeness (QED) is 0.838. The molecule has 0 saturated carbocycles. The molecule has 0 aliphatic heterocycles. The van der Waals surface area contributed by atoms with Crippen LogP contribution in [0.5, 0.6) is 0 Å². The fraction of sp³-hybridized carbons (Fsp3) is 0.227. The molecule has 0 amide bonds. The van der Waals surface area contributed by atoms with Crippen molar-refractivity contribution in [1.29, 1.82) is 0 Å². The number of nitrogens with two attached hydrogens (primary N) is 2. The van der Waals surface area contributed by atoms with E-state index in [-0.39, 0.29) is 5.92 Å². The van der Waals surface area contributed by atoms with Gasteiger partial charge in [-0.05, 0) is 28.7 Å². The highest BCUT2D eigenvalue weighted by atomic mass is 14.5. The lowest BCUT2D eigenvalue weighted by molar-refractivity contribution is 0.893. The van der Waals surface area contributed by atoms with Gasteiger partial charge in [0.1, 0.15) is 0 Å². The number of benzene rings is 2. The van der Waals surface area contributed by atoms with Crippen LogP contribution < -0.4 is 11.5 Å². The van der Waals surface area contributed by atoms with Gasteiger partial charge in [0.25, 0.3) is 0 Å². The molecule has 0 fully saturated rings. The zero-order valence-corrected chi connectivity index (χ0v) is 14.2. The third kappa shape index (κ3) is 3.50. The molecular weight excluding hydrogens is 292 g/mol. The van der Waals surface area contributed by atoms with E-state index >= 15 is 0 Å². The van der Waals surface area contributed by atoms with Crippen LogP contribution in [0.25, 0.3) is 0 Å². The summed E-state index contributed by atoms with van der Waals surface area (Å²) in [5.74, 6) is 1.54. The second-order valence-corrected chi connectivity index (χ2v) is 6.24. The normalized spacial score (nSPS) is 14.4. The van der Waals surface area contributed by atoms with Crippen LogP contribution >= 0.6 is 0 Å². The van der Waals surface area contributed by atoms with Crippen LogP contribution in [0, 0.1) is 5.92 Å². The Kier molecular flexibility index (Phi) is 5.29. The SMILES string of the molecule is CCC1=C[C](C(c2cccc(CN)c2)c2cccc(CN)c2)C=C1. The summed E-state index contributed by atoms with van der Waals surface area (Å²) >= 11 is 0. The Bertz CT molecular complexity index is 711. The van der Waals surface area contributed by atoms with Crippen LogP contribution in [0.4, 0.5) is 0 Å². The third-order valence-electron chi connectivity index (χ3n) is 4.62. The summed E-state index contributed by atoms with van der Waals surface area (Å²) in [5.41, 5.74) is 18.0. The molecule has 0 atom stereocenters. The van der Waals surface area contributed by atoms with Gasteiger partial charge in [-0.25, -0.2) is 0 Å². The van der Waals surface area contributed by atoms with E-state index in [9.17, 15) is 0 Å². The average Bonchev–Trinajstić information content (AvgIpc) is 3.11. The van der Waals surface area contributed by atoms with Gasteiger partial charge in [-0.2, -0.15) is 0 Å². The van der Waals surface area contributed by atoms with E-state index in [4.69, 9.17) is 11.5 Å². The third-order valence-corrected chi connectivity index (χ3v) is 4.62. The summed E-state index contributed by atoms with van der Waals surface area (Å²) in [7, 11) is 0. The predicted molar refractivity (Wildman–Crippen MR) is 101 cm³/mol. The lowest BCUT2D eigenvalue weighted by Gasteiger charge is -2.23. The summed E-state index contributed by atoms with van der Waals surface area (Å²) in [4.78, 5) is 0. The molecule has 123 valence electrons. The van der Waals surface area contributed by atoms with E-state index in [1.165, 1.54) is 22.6 Å². The van der Waals surface area contributed by atoms with Crippen LogP contribution in [0.2, 0.25) is 0 Å². The minimum atomic E-state index is 0.211. The molecule has 2 nitrogen and oxygen atoms in total. The Morgan fingerprint density at radius 2 is 1.42 bits per heavy atom. The minimum absolute atomic E-state index is 0.211. The van der Waals surface area contributed by atoms with Crippen molar-refractivity contribution in [2.24, 2.45) is 11.5 Å². The second kappa shape index (κ2) is 7.61. The molecule has 0 bridgehead atoms. The zero-order chi connectivity index (χ0) is 16.9. The van der Waals surface area contributed by atoms with Crippen LogP contribution in [0.15, 0.2) is 72.3 Å². The van der Waals surface area contributed by atoms with Gasteiger partial charge in [0.15, 0.2) is 0 Å². The van der Waals surface area contributed by atoms with Crippen LogP contribution in [-0.2, 0) is 13.1 Å². The van der Waals surface area contributed by atoms with Gasteiger partial charge in [-0.3, -0.25) is 0 Å². The first-order valence-electron chi connectivity index (χ1n) is 8.58. The van der Waals surface area contributed by atoms with Crippen LogP contribution in [-0.4, -0.2) is 0 Å². The van der Waals surface area contributed by atoms with Crippen molar-refractivity contribution in [2.75, 3.05) is 0 Å². The van der Waals surface area contributed by atoms with E-state index in [1.807, 2.05) is 0 Å². The lowest BCUT2D eigenvalue weighted by Crippen LogP contribution is -2.10. The number of hydrogen-bond acceptors (Lipinski definition) is 2. The van der Waals surface area contributed by atoms with E-state index in [2.05, 4.69) is 73.7 Å². The average molecular weight is 317 g/mol. The smallest absolute Gasteiger partial charge is 0.0315 e. The highest BCUT2D eigenvalue weighted by Gasteiger charge is 2.25. The van der Waals surface area contributed by atoms with Gasteiger partial charge >= 0.3 is 0 Å². The standard InChI is InChI=1S/C22H25N2/c1-2-16-9-10-21(11-16)22(19-7-3-5-17(12-19)14-23)20-8-4-6-18(13-20)15-24/h3-13,22H,2,14-15,23-24H2,1H3. The number of hydrogen-bond donors (Lipinski definition) is 2. The first-order valence-corrected chi connectivity index (χ1v) is 8.58. The van der Waals surface area contributed by atoms with Crippen LogP contribution in [0.1, 0.15) is 41.5 Å². The minimum Gasteiger partial charge on any atom is -0.326 e. The molecule has 3 rings (SSSR count). The summed E-state index contributed by atoms with van der Waals surface area (Å²) in [6, 6.07) is 17.2. The maximum absolute atomic E-state index is 5.85. The fourth-order valence-electron chi connectivity index (χ4n) is 3.29. The Balaban J connectivity index is 2.06. The van der Waals surface area contributed by atoms with Gasteiger partial charge in [-0.1, -0.05) is 79.3 Å². The first kappa shape index (κ1) is 16.7. The van der Waals surface area contributed by atoms with Crippen molar-refractivity contribution < 1.29 is 0 Å². The molecular formula is C22H25N2. The molecule has 2 aromatic rings. The van der Waals surface area contributed by atoms with Gasteiger partial charge in [0.2, 0.25) is 0 Å². The largest absolute Gasteiger partial charge is 0.326 e. The first-order chi connectivity index (χ1) is 11.7. The molecule has 0 unspecified atom stereocenters. The predicted octanol–water partition coefficient (Wildman–Crippen LogP) is 4.22. The Morgan fingerprint density at radius 1 is 0.833 bits per heavy atom. The van der Waals surface area contributed by atoms with Gasteiger partial charge in [0.05, 0.1) is 0 Å². The molecule has 0 aromatic heterocycles. The maximum atomic E-state index is 5.85. The van der Waals surface area contributed by atoms with Crippen molar-refractivity contribution in [3.05, 3.63) is 101 Å². The summed E-state index contributed by atoms with van der Waals surface area (Å²) < 4.78 is 0. The molecule has 1 radical (unpaired) electrons. The zero-order valence-electron chi connectivity index (χ0n) is 14.2. The highest BCUT2D eigenvalue weighted by Crippen LogP contribution is 2.39. The lowest BCUT2D eigenvalue weighted by atomic mass is 9.80. The molecule has 4 N–H and O–H groups in total. The highest BCUT2D eigenvalue weighted by molar-refractivity contribution is 5.52. The number of allylic oxidation sites excluding steroid dienone is 4. The van der Waals surface area contributed by atoms with E-state index < -0.39 is 0 Å². The number of rotatable bonds is 6. The fourth-order valence-corrected chi connectivity index (χ4v) is 3.29. The van der Waals surface area contributed by atoms with Crippen molar-refractivity contribution in [1.82, 2.24) is 0 Å². The molecule has 1 aliphatic carbocycles. The van der Waals surface area contributed by atoms with Gasteiger partial charge < -0.3 is 11.5 Å². The van der Waals surface area contributed by atoms with Crippen molar-refractivity contribution >= 4 is 0 Å². The van der Waals surface area contributed by atoms with Crippen molar-refractivity contribution in [3.8, 4) is 0 Å². The van der Waals surface area contributed by atoms with E-state index in [0.717, 1.165) is 17.5 Å². The van der Waals surface area contributed by atoms with Crippen molar-refractivity contribution in [2.45, 2.75) is 32.4 Å². The van der Waals surface area contributed by atoms with E-state index in [0.29, 0.717) is 13.1 Å². The Hall–Kier alpha value is -2.16. The molecule has 1 aliphatic rings. The second-order valence-electron chi connectivity index (χ2n) is 6.24. The summed E-state index contributed by atoms with van der Waals surface area (Å²) in [6.45, 7) is 3.31. The monoisotopic (exact) mass is 317 g/mol. The van der Waals surface area contributed by atoms with Gasteiger partial charge in [-0.15, -0.1) is 0 Å².